The third-order valence-corrected chi connectivity index (χ3v) is 6.52. The zero-order valence-corrected chi connectivity index (χ0v) is 16.9. The number of carbonyl (C=O) groups excluding carboxylic acids is 1. The minimum atomic E-state index is -0.103. The second kappa shape index (κ2) is 7.50. The van der Waals surface area contributed by atoms with Crippen molar-refractivity contribution >= 4 is 61.9 Å². The molecule has 4 rings (SSSR count). The zero-order valence-electron chi connectivity index (χ0n) is 14.5. The first-order valence-corrected chi connectivity index (χ1v) is 10.1. The third-order valence-electron chi connectivity index (χ3n) is 4.31. The standard InChI is InChI=1S/C21H16BrN3OS/c1-13-16(22)12-27-20(13)21(26)23-17-8-4-2-6-14(17)10-11-19-15-7-3-5-9-18(15)24-25-19/h2-12H,1H3,(H,23,26)(H,24,25). The predicted molar refractivity (Wildman–Crippen MR) is 116 cm³/mol. The van der Waals surface area contributed by atoms with E-state index in [0.29, 0.717) is 4.88 Å². The summed E-state index contributed by atoms with van der Waals surface area (Å²) < 4.78 is 0.955. The highest BCUT2D eigenvalue weighted by molar-refractivity contribution is 9.10. The molecule has 1 amide bonds. The molecule has 0 aliphatic carbocycles. The Labute approximate surface area is 169 Å². The highest BCUT2D eigenvalue weighted by Crippen LogP contribution is 2.28. The van der Waals surface area contributed by atoms with Crippen LogP contribution in [-0.4, -0.2) is 16.1 Å². The van der Waals surface area contributed by atoms with Gasteiger partial charge in [0.15, 0.2) is 0 Å². The lowest BCUT2D eigenvalue weighted by Gasteiger charge is -2.08. The van der Waals surface area contributed by atoms with Gasteiger partial charge in [0.05, 0.1) is 16.1 Å². The Morgan fingerprint density at radius 2 is 1.93 bits per heavy atom. The van der Waals surface area contributed by atoms with E-state index in [-0.39, 0.29) is 5.91 Å². The number of thiophene rings is 1. The molecular weight excluding hydrogens is 422 g/mol. The summed E-state index contributed by atoms with van der Waals surface area (Å²) in [5.74, 6) is -0.103. The molecule has 2 N–H and O–H groups in total. The fourth-order valence-corrected chi connectivity index (χ4v) is 4.29. The van der Waals surface area contributed by atoms with Crippen molar-refractivity contribution in [2.75, 3.05) is 5.32 Å². The maximum absolute atomic E-state index is 12.6. The fraction of sp³-hybridized carbons (Fsp3) is 0.0476. The minimum absolute atomic E-state index is 0.103. The Hall–Kier alpha value is -2.70. The van der Waals surface area contributed by atoms with Crippen LogP contribution in [0.25, 0.3) is 23.1 Å². The van der Waals surface area contributed by atoms with Crippen molar-refractivity contribution in [3.05, 3.63) is 80.1 Å². The molecule has 0 fully saturated rings. The van der Waals surface area contributed by atoms with E-state index >= 15 is 0 Å². The van der Waals surface area contributed by atoms with Crippen molar-refractivity contribution in [2.45, 2.75) is 6.92 Å². The van der Waals surface area contributed by atoms with Crippen LogP contribution in [0.5, 0.6) is 0 Å². The van der Waals surface area contributed by atoms with Crippen molar-refractivity contribution in [3.63, 3.8) is 0 Å². The second-order valence-corrected chi connectivity index (χ2v) is 7.80. The largest absolute Gasteiger partial charge is 0.321 e. The Morgan fingerprint density at radius 3 is 2.74 bits per heavy atom. The first-order valence-electron chi connectivity index (χ1n) is 8.38. The van der Waals surface area contributed by atoms with E-state index in [1.165, 1.54) is 11.3 Å². The molecule has 0 saturated heterocycles. The average Bonchev–Trinajstić information content (AvgIpc) is 3.25. The highest BCUT2D eigenvalue weighted by atomic mass is 79.9. The van der Waals surface area contributed by atoms with E-state index in [0.717, 1.165) is 37.9 Å². The molecule has 134 valence electrons. The zero-order chi connectivity index (χ0) is 18.8. The molecule has 6 heteroatoms. The first kappa shape index (κ1) is 17.7. The van der Waals surface area contributed by atoms with Crippen LogP contribution < -0.4 is 5.32 Å². The van der Waals surface area contributed by atoms with E-state index in [4.69, 9.17) is 0 Å². The maximum Gasteiger partial charge on any atom is 0.266 e. The molecule has 0 bridgehead atoms. The summed E-state index contributed by atoms with van der Waals surface area (Å²) in [6, 6.07) is 15.7. The molecule has 2 aromatic heterocycles. The topological polar surface area (TPSA) is 57.8 Å². The summed E-state index contributed by atoms with van der Waals surface area (Å²) in [7, 11) is 0. The van der Waals surface area contributed by atoms with Gasteiger partial charge in [0, 0.05) is 20.9 Å². The Bertz CT molecular complexity index is 1160. The molecule has 2 aromatic carbocycles. The Kier molecular flexibility index (Phi) is 4.92. The average molecular weight is 438 g/mol. The number of hydrogen-bond donors (Lipinski definition) is 2. The van der Waals surface area contributed by atoms with E-state index in [9.17, 15) is 4.79 Å². The van der Waals surface area contributed by atoms with Crippen LogP contribution in [0.1, 0.15) is 26.5 Å². The summed E-state index contributed by atoms with van der Waals surface area (Å²) in [5, 5.41) is 13.4. The molecule has 0 unspecified atom stereocenters. The van der Waals surface area contributed by atoms with Gasteiger partial charge in [0.1, 0.15) is 0 Å². The summed E-state index contributed by atoms with van der Waals surface area (Å²) >= 11 is 4.89. The van der Waals surface area contributed by atoms with Crippen molar-refractivity contribution < 1.29 is 4.79 Å². The number of aromatic amines is 1. The van der Waals surface area contributed by atoms with Crippen LogP contribution >= 0.6 is 27.3 Å². The smallest absolute Gasteiger partial charge is 0.266 e. The van der Waals surface area contributed by atoms with Gasteiger partial charge < -0.3 is 5.32 Å². The van der Waals surface area contributed by atoms with Gasteiger partial charge in [-0.3, -0.25) is 9.89 Å². The predicted octanol–water partition coefficient (Wildman–Crippen LogP) is 6.12. The first-order chi connectivity index (χ1) is 13.1. The van der Waals surface area contributed by atoms with Crippen LogP contribution in [0.15, 0.2) is 58.4 Å². The quantitative estimate of drug-likeness (QED) is 0.404. The maximum atomic E-state index is 12.6. The number of benzene rings is 2. The van der Waals surface area contributed by atoms with Gasteiger partial charge in [-0.2, -0.15) is 5.10 Å². The van der Waals surface area contributed by atoms with Gasteiger partial charge in [0.2, 0.25) is 0 Å². The number of nitrogens with one attached hydrogen (secondary N) is 2. The molecule has 0 radical (unpaired) electrons. The number of rotatable bonds is 4. The number of para-hydroxylation sites is 2. The van der Waals surface area contributed by atoms with Crippen molar-refractivity contribution in [2.24, 2.45) is 0 Å². The summed E-state index contributed by atoms with van der Waals surface area (Å²) in [5.41, 5.74) is 4.50. The fourth-order valence-electron chi connectivity index (χ4n) is 2.84. The van der Waals surface area contributed by atoms with Crippen LogP contribution in [0.2, 0.25) is 0 Å². The number of halogens is 1. The van der Waals surface area contributed by atoms with Crippen LogP contribution in [0, 0.1) is 6.92 Å². The monoisotopic (exact) mass is 437 g/mol. The molecule has 0 aliphatic rings. The van der Waals surface area contributed by atoms with Gasteiger partial charge in [-0.1, -0.05) is 42.5 Å². The lowest BCUT2D eigenvalue weighted by molar-refractivity contribution is 0.103. The normalized spacial score (nSPS) is 11.3. The van der Waals surface area contributed by atoms with E-state index in [1.807, 2.05) is 73.0 Å². The number of aromatic nitrogens is 2. The van der Waals surface area contributed by atoms with E-state index in [2.05, 4.69) is 31.4 Å². The molecule has 2 heterocycles. The molecule has 27 heavy (non-hydrogen) atoms. The van der Waals surface area contributed by atoms with E-state index in [1.54, 1.807) is 0 Å². The summed E-state index contributed by atoms with van der Waals surface area (Å²) in [6.45, 7) is 1.93. The third kappa shape index (κ3) is 3.59. The molecule has 0 atom stereocenters. The van der Waals surface area contributed by atoms with Gasteiger partial charge in [-0.15, -0.1) is 11.3 Å². The Morgan fingerprint density at radius 1 is 1.15 bits per heavy atom. The molecule has 0 spiro atoms. The highest BCUT2D eigenvalue weighted by Gasteiger charge is 2.14. The number of H-pyrrole nitrogens is 1. The van der Waals surface area contributed by atoms with Crippen molar-refractivity contribution in [1.29, 1.82) is 0 Å². The van der Waals surface area contributed by atoms with Crippen LogP contribution in [0.4, 0.5) is 5.69 Å². The summed E-state index contributed by atoms with van der Waals surface area (Å²) in [4.78, 5) is 13.4. The van der Waals surface area contributed by atoms with E-state index < -0.39 is 0 Å². The molecule has 0 aliphatic heterocycles. The van der Waals surface area contributed by atoms with Gasteiger partial charge in [0.25, 0.3) is 5.91 Å². The van der Waals surface area contributed by atoms with Crippen LogP contribution in [-0.2, 0) is 0 Å². The minimum Gasteiger partial charge on any atom is -0.321 e. The van der Waals surface area contributed by atoms with Gasteiger partial charge in [-0.25, -0.2) is 0 Å². The molecule has 0 saturated carbocycles. The molecule has 4 nitrogen and oxygen atoms in total. The lowest BCUT2D eigenvalue weighted by Crippen LogP contribution is -2.12. The Balaban J connectivity index is 1.61. The van der Waals surface area contributed by atoms with Crippen molar-refractivity contribution in [3.8, 4) is 0 Å². The number of amides is 1. The van der Waals surface area contributed by atoms with Crippen LogP contribution in [0.3, 0.4) is 0 Å². The lowest BCUT2D eigenvalue weighted by atomic mass is 10.1. The van der Waals surface area contributed by atoms with Crippen molar-refractivity contribution in [1.82, 2.24) is 10.2 Å². The van der Waals surface area contributed by atoms with Gasteiger partial charge >= 0.3 is 0 Å². The summed E-state index contributed by atoms with van der Waals surface area (Å²) in [6.07, 6.45) is 3.92. The number of carbonyl (C=O) groups is 1. The molecule has 4 aromatic rings. The number of hydrogen-bond acceptors (Lipinski definition) is 3. The SMILES string of the molecule is Cc1c(Br)csc1C(=O)Nc1ccccc1C=Cc1n[nH]c2ccccc12. The number of nitrogens with zero attached hydrogens (tertiary/aromatic N) is 1. The van der Waals surface area contributed by atoms with Gasteiger partial charge in [-0.05, 0) is 52.2 Å². The number of anilines is 1. The number of fused-ring (bicyclic) bond motifs is 1. The second-order valence-electron chi connectivity index (χ2n) is 6.07. The molecular formula is C21H16BrN3OS.